The highest BCUT2D eigenvalue weighted by Gasteiger charge is 2.45. The van der Waals surface area contributed by atoms with Gasteiger partial charge in [-0.2, -0.15) is 5.10 Å². The standard InChI is InChI=1S/C19H27N5/c1-15(2)24-17(14-23-10-5-9-21-23)12-16-13-22(11-7-18(16)24)19-6-3-4-8-20-19/h3-6,8-10,15-18H,7,11-14H2,1-2H3/t16-,17+,18+/m0/s1. The molecule has 0 spiro atoms. The Morgan fingerprint density at radius 2 is 2.12 bits per heavy atom. The first-order valence-electron chi connectivity index (χ1n) is 9.13. The summed E-state index contributed by atoms with van der Waals surface area (Å²) < 4.78 is 2.09. The second-order valence-electron chi connectivity index (χ2n) is 7.41. The Hall–Kier alpha value is -1.88. The van der Waals surface area contributed by atoms with Gasteiger partial charge in [-0.3, -0.25) is 9.58 Å². The van der Waals surface area contributed by atoms with Gasteiger partial charge in [0.2, 0.25) is 0 Å². The van der Waals surface area contributed by atoms with E-state index in [1.807, 2.05) is 24.5 Å². The molecule has 2 aromatic heterocycles. The minimum Gasteiger partial charge on any atom is -0.356 e. The van der Waals surface area contributed by atoms with Crippen molar-refractivity contribution in [3.05, 3.63) is 42.9 Å². The van der Waals surface area contributed by atoms with Gasteiger partial charge in [0.15, 0.2) is 0 Å². The predicted molar refractivity (Wildman–Crippen MR) is 96.0 cm³/mol. The molecule has 2 fully saturated rings. The van der Waals surface area contributed by atoms with Crippen LogP contribution >= 0.6 is 0 Å². The van der Waals surface area contributed by atoms with E-state index in [4.69, 9.17) is 0 Å². The summed E-state index contributed by atoms with van der Waals surface area (Å²) in [7, 11) is 0. The molecule has 0 radical (unpaired) electrons. The molecule has 3 atom stereocenters. The highest BCUT2D eigenvalue weighted by Crippen LogP contribution is 2.38. The van der Waals surface area contributed by atoms with Crippen LogP contribution in [0.3, 0.4) is 0 Å². The zero-order valence-corrected chi connectivity index (χ0v) is 14.6. The van der Waals surface area contributed by atoms with Crippen molar-refractivity contribution in [1.29, 1.82) is 0 Å². The average molecular weight is 325 g/mol. The number of anilines is 1. The summed E-state index contributed by atoms with van der Waals surface area (Å²) >= 11 is 0. The molecular weight excluding hydrogens is 298 g/mol. The molecular formula is C19H27N5. The Labute approximate surface area is 144 Å². The van der Waals surface area contributed by atoms with Crippen LogP contribution in [0.1, 0.15) is 26.7 Å². The summed E-state index contributed by atoms with van der Waals surface area (Å²) in [6.45, 7) is 7.91. The maximum atomic E-state index is 4.55. The number of rotatable bonds is 4. The Morgan fingerprint density at radius 1 is 1.21 bits per heavy atom. The Bertz CT molecular complexity index is 639. The summed E-state index contributed by atoms with van der Waals surface area (Å²) in [6, 6.07) is 10.1. The minimum atomic E-state index is 0.585. The van der Waals surface area contributed by atoms with Crippen molar-refractivity contribution in [2.24, 2.45) is 5.92 Å². The largest absolute Gasteiger partial charge is 0.356 e. The summed E-state index contributed by atoms with van der Waals surface area (Å²) in [6.07, 6.45) is 8.35. The van der Waals surface area contributed by atoms with Crippen molar-refractivity contribution in [1.82, 2.24) is 19.7 Å². The Morgan fingerprint density at radius 3 is 2.83 bits per heavy atom. The lowest BCUT2D eigenvalue weighted by atomic mass is 9.92. The van der Waals surface area contributed by atoms with E-state index in [1.165, 1.54) is 12.8 Å². The first-order valence-corrected chi connectivity index (χ1v) is 9.13. The van der Waals surface area contributed by atoms with E-state index in [9.17, 15) is 0 Å². The zero-order chi connectivity index (χ0) is 16.5. The highest BCUT2D eigenvalue weighted by atomic mass is 15.3. The average Bonchev–Trinajstić information content (AvgIpc) is 3.22. The van der Waals surface area contributed by atoms with Gasteiger partial charge in [0.05, 0.1) is 6.54 Å². The van der Waals surface area contributed by atoms with Gasteiger partial charge in [0, 0.05) is 49.8 Å². The molecule has 128 valence electrons. The monoisotopic (exact) mass is 325 g/mol. The Kier molecular flexibility index (Phi) is 4.27. The van der Waals surface area contributed by atoms with Crippen LogP contribution in [0, 0.1) is 5.92 Å². The van der Waals surface area contributed by atoms with E-state index in [0.29, 0.717) is 18.1 Å². The van der Waals surface area contributed by atoms with Crippen molar-refractivity contribution in [2.75, 3.05) is 18.0 Å². The fourth-order valence-electron chi connectivity index (χ4n) is 4.73. The molecule has 0 amide bonds. The van der Waals surface area contributed by atoms with Crippen LogP contribution in [0.2, 0.25) is 0 Å². The summed E-state index contributed by atoms with van der Waals surface area (Å²) in [5.41, 5.74) is 0. The number of aromatic nitrogens is 3. The van der Waals surface area contributed by atoms with Crippen LogP contribution in [0.15, 0.2) is 42.9 Å². The second kappa shape index (κ2) is 6.55. The molecule has 0 N–H and O–H groups in total. The summed E-state index contributed by atoms with van der Waals surface area (Å²) in [5.74, 6) is 1.85. The number of hydrogen-bond acceptors (Lipinski definition) is 4. The van der Waals surface area contributed by atoms with Gasteiger partial charge >= 0.3 is 0 Å². The Balaban J connectivity index is 1.50. The van der Waals surface area contributed by atoms with Crippen LogP contribution < -0.4 is 4.90 Å². The lowest BCUT2D eigenvalue weighted by Gasteiger charge is -2.40. The number of nitrogens with zero attached hydrogens (tertiary/aromatic N) is 5. The molecule has 2 aliphatic heterocycles. The molecule has 2 aromatic rings. The lowest BCUT2D eigenvalue weighted by molar-refractivity contribution is 0.114. The molecule has 0 saturated carbocycles. The molecule has 4 heterocycles. The quantitative estimate of drug-likeness (QED) is 0.866. The molecule has 2 saturated heterocycles. The molecule has 5 nitrogen and oxygen atoms in total. The number of piperidine rings is 1. The third kappa shape index (κ3) is 2.93. The van der Waals surface area contributed by atoms with Crippen LogP contribution in [0.4, 0.5) is 5.82 Å². The summed E-state index contributed by atoms with van der Waals surface area (Å²) in [4.78, 5) is 9.77. The molecule has 5 heteroatoms. The molecule has 0 aliphatic carbocycles. The molecule has 2 aliphatic rings. The van der Waals surface area contributed by atoms with E-state index < -0.39 is 0 Å². The van der Waals surface area contributed by atoms with E-state index in [-0.39, 0.29) is 0 Å². The first kappa shape index (κ1) is 15.6. The van der Waals surface area contributed by atoms with E-state index in [1.54, 1.807) is 0 Å². The van der Waals surface area contributed by atoms with Crippen molar-refractivity contribution in [3.8, 4) is 0 Å². The molecule has 0 aromatic carbocycles. The normalized spacial score (nSPS) is 27.6. The van der Waals surface area contributed by atoms with E-state index in [2.05, 4.69) is 56.7 Å². The third-order valence-corrected chi connectivity index (χ3v) is 5.60. The maximum absolute atomic E-state index is 4.55. The van der Waals surface area contributed by atoms with Crippen LogP contribution in [-0.4, -0.2) is 50.9 Å². The fraction of sp³-hybridized carbons (Fsp3) is 0.579. The lowest BCUT2D eigenvalue weighted by Crippen LogP contribution is -2.49. The van der Waals surface area contributed by atoms with E-state index in [0.717, 1.165) is 31.4 Å². The van der Waals surface area contributed by atoms with Crippen LogP contribution in [0.5, 0.6) is 0 Å². The molecule has 0 unspecified atom stereocenters. The zero-order valence-electron chi connectivity index (χ0n) is 14.6. The van der Waals surface area contributed by atoms with Crippen LogP contribution in [0.25, 0.3) is 0 Å². The third-order valence-electron chi connectivity index (χ3n) is 5.60. The summed E-state index contributed by atoms with van der Waals surface area (Å²) in [5, 5.41) is 4.42. The van der Waals surface area contributed by atoms with Gasteiger partial charge in [-0.05, 0) is 50.8 Å². The predicted octanol–water partition coefficient (Wildman–Crippen LogP) is 2.66. The van der Waals surface area contributed by atoms with Gasteiger partial charge in [-0.1, -0.05) is 6.07 Å². The van der Waals surface area contributed by atoms with Crippen molar-refractivity contribution in [3.63, 3.8) is 0 Å². The number of pyridine rings is 1. The second-order valence-corrected chi connectivity index (χ2v) is 7.41. The van der Waals surface area contributed by atoms with Crippen LogP contribution in [-0.2, 0) is 6.54 Å². The minimum absolute atomic E-state index is 0.585. The fourth-order valence-corrected chi connectivity index (χ4v) is 4.73. The first-order chi connectivity index (χ1) is 11.7. The van der Waals surface area contributed by atoms with Crippen molar-refractivity contribution in [2.45, 2.75) is 51.4 Å². The van der Waals surface area contributed by atoms with Gasteiger partial charge in [0.25, 0.3) is 0 Å². The highest BCUT2D eigenvalue weighted by molar-refractivity contribution is 5.38. The maximum Gasteiger partial charge on any atom is 0.128 e. The number of likely N-dealkylation sites (tertiary alicyclic amines) is 1. The number of fused-ring (bicyclic) bond motifs is 1. The van der Waals surface area contributed by atoms with E-state index >= 15 is 0 Å². The van der Waals surface area contributed by atoms with Crippen molar-refractivity contribution < 1.29 is 0 Å². The van der Waals surface area contributed by atoms with Crippen molar-refractivity contribution >= 4 is 5.82 Å². The van der Waals surface area contributed by atoms with Gasteiger partial charge in [-0.25, -0.2) is 4.98 Å². The smallest absolute Gasteiger partial charge is 0.128 e. The molecule has 4 rings (SSSR count). The molecule has 0 bridgehead atoms. The SMILES string of the molecule is CC(C)N1[C@@H](Cn2cccn2)C[C@H]2CN(c3ccccn3)CC[C@H]21. The van der Waals surface area contributed by atoms with Gasteiger partial charge in [0.1, 0.15) is 5.82 Å². The topological polar surface area (TPSA) is 37.2 Å². The number of hydrogen-bond donors (Lipinski definition) is 0. The molecule has 24 heavy (non-hydrogen) atoms. The van der Waals surface area contributed by atoms with Gasteiger partial charge < -0.3 is 4.90 Å². The van der Waals surface area contributed by atoms with Gasteiger partial charge in [-0.15, -0.1) is 0 Å².